The van der Waals surface area contributed by atoms with Gasteiger partial charge in [-0.3, -0.25) is 9.48 Å². The molecule has 1 aromatic rings. The molecule has 1 amide bonds. The fourth-order valence-electron chi connectivity index (χ4n) is 1.70. The van der Waals surface area contributed by atoms with Crippen molar-refractivity contribution in [1.29, 1.82) is 0 Å². The number of ether oxygens (including phenoxy) is 1. The third-order valence-electron chi connectivity index (χ3n) is 2.52. The molecule has 2 heterocycles. The summed E-state index contributed by atoms with van der Waals surface area (Å²) < 4.78 is 7.96. The van der Waals surface area contributed by atoms with Gasteiger partial charge in [0.1, 0.15) is 0 Å². The van der Waals surface area contributed by atoms with Crippen LogP contribution in [0.25, 0.3) is 0 Å². The van der Waals surface area contributed by atoms with Gasteiger partial charge in [0.15, 0.2) is 5.69 Å². The summed E-state index contributed by atoms with van der Waals surface area (Å²) in [6.45, 7) is 4.03. The summed E-state index contributed by atoms with van der Waals surface area (Å²) in [7, 11) is 1.82. The van der Waals surface area contributed by atoms with Gasteiger partial charge in [0.05, 0.1) is 9.67 Å². The summed E-state index contributed by atoms with van der Waals surface area (Å²) in [6, 6.07) is 0. The van der Waals surface area contributed by atoms with Crippen molar-refractivity contribution >= 4 is 28.5 Å². The second-order valence-electron chi connectivity index (χ2n) is 3.79. The molecule has 1 fully saturated rings. The first-order valence-corrected chi connectivity index (χ1v) is 6.29. The highest BCUT2D eigenvalue weighted by molar-refractivity contribution is 14.1. The molecule has 0 unspecified atom stereocenters. The normalized spacial score (nSPS) is 16.3. The van der Waals surface area contributed by atoms with E-state index in [0.29, 0.717) is 25.4 Å². The van der Waals surface area contributed by atoms with Crippen LogP contribution in [0, 0.1) is 3.57 Å². The van der Waals surface area contributed by atoms with Gasteiger partial charge in [-0.25, -0.2) is 0 Å². The lowest BCUT2D eigenvalue weighted by Crippen LogP contribution is -2.55. The largest absolute Gasteiger partial charge is 0.375 e. The van der Waals surface area contributed by atoms with Crippen molar-refractivity contribution in [2.75, 3.05) is 19.7 Å². The van der Waals surface area contributed by atoms with E-state index in [2.05, 4.69) is 27.7 Å². The summed E-state index contributed by atoms with van der Waals surface area (Å²) in [6.07, 6.45) is 2.04. The third kappa shape index (κ3) is 2.22. The minimum atomic E-state index is 0.000882. The van der Waals surface area contributed by atoms with Crippen LogP contribution in [0.3, 0.4) is 0 Å². The monoisotopic (exact) mass is 335 g/mol. The molecule has 0 spiro atoms. The lowest BCUT2D eigenvalue weighted by molar-refractivity contribution is -0.0380. The SMILES string of the molecule is CCOC1CN(C(=O)c2nn(C)cc2I)C1. The van der Waals surface area contributed by atoms with Gasteiger partial charge in [0, 0.05) is 32.9 Å². The Labute approximate surface area is 108 Å². The summed E-state index contributed by atoms with van der Waals surface area (Å²) in [5.74, 6) is 0.000882. The molecule has 0 aliphatic carbocycles. The van der Waals surface area contributed by atoms with E-state index >= 15 is 0 Å². The fourth-order valence-corrected chi connectivity index (χ4v) is 2.44. The number of aryl methyl sites for hydroxylation is 1. The van der Waals surface area contributed by atoms with Gasteiger partial charge in [-0.1, -0.05) is 0 Å². The van der Waals surface area contributed by atoms with Gasteiger partial charge >= 0.3 is 0 Å². The molecule has 5 nitrogen and oxygen atoms in total. The van der Waals surface area contributed by atoms with Gasteiger partial charge in [-0.15, -0.1) is 0 Å². The van der Waals surface area contributed by atoms with E-state index in [0.717, 1.165) is 3.57 Å². The zero-order chi connectivity index (χ0) is 11.7. The fraction of sp³-hybridized carbons (Fsp3) is 0.600. The molecule has 2 rings (SSSR count). The maximum atomic E-state index is 12.0. The van der Waals surface area contributed by atoms with E-state index in [9.17, 15) is 4.79 Å². The third-order valence-corrected chi connectivity index (χ3v) is 3.31. The van der Waals surface area contributed by atoms with Gasteiger partial charge in [0.25, 0.3) is 5.91 Å². The summed E-state index contributed by atoms with van der Waals surface area (Å²) in [5, 5.41) is 4.16. The van der Waals surface area contributed by atoms with Crippen molar-refractivity contribution in [3.05, 3.63) is 15.5 Å². The van der Waals surface area contributed by atoms with Gasteiger partial charge in [-0.05, 0) is 29.5 Å². The first-order valence-electron chi connectivity index (χ1n) is 5.21. The van der Waals surface area contributed by atoms with Crippen LogP contribution in [-0.2, 0) is 11.8 Å². The Kier molecular flexibility index (Phi) is 3.48. The first kappa shape index (κ1) is 11.8. The second-order valence-corrected chi connectivity index (χ2v) is 4.95. The molecular formula is C10H14IN3O2. The standard InChI is InChI=1S/C10H14IN3O2/c1-3-16-7-4-14(5-7)10(15)9-8(11)6-13(2)12-9/h6-7H,3-5H2,1-2H3. The number of carbonyl (C=O) groups excluding carboxylic acids is 1. The predicted molar refractivity (Wildman–Crippen MR) is 67.2 cm³/mol. The molecule has 88 valence electrons. The van der Waals surface area contributed by atoms with E-state index in [4.69, 9.17) is 4.74 Å². The number of rotatable bonds is 3. The molecule has 1 aromatic heterocycles. The Morgan fingerprint density at radius 2 is 2.38 bits per heavy atom. The second kappa shape index (κ2) is 4.70. The van der Waals surface area contributed by atoms with Crippen LogP contribution in [0.1, 0.15) is 17.4 Å². The highest BCUT2D eigenvalue weighted by Crippen LogP contribution is 2.18. The van der Waals surface area contributed by atoms with Crippen LogP contribution < -0.4 is 0 Å². The average molecular weight is 335 g/mol. The number of hydrogen-bond acceptors (Lipinski definition) is 3. The lowest BCUT2D eigenvalue weighted by atomic mass is 10.1. The predicted octanol–water partition coefficient (Wildman–Crippen LogP) is 0.886. The molecular weight excluding hydrogens is 321 g/mol. The van der Waals surface area contributed by atoms with Crippen LogP contribution >= 0.6 is 22.6 Å². The van der Waals surface area contributed by atoms with Crippen molar-refractivity contribution in [2.45, 2.75) is 13.0 Å². The van der Waals surface area contributed by atoms with Crippen molar-refractivity contribution in [1.82, 2.24) is 14.7 Å². The van der Waals surface area contributed by atoms with E-state index in [1.807, 2.05) is 20.2 Å². The van der Waals surface area contributed by atoms with Gasteiger partial charge < -0.3 is 9.64 Å². The maximum absolute atomic E-state index is 12.0. The molecule has 1 saturated heterocycles. The van der Waals surface area contributed by atoms with E-state index in [1.54, 1.807) is 9.58 Å². The minimum Gasteiger partial charge on any atom is -0.375 e. The molecule has 0 N–H and O–H groups in total. The zero-order valence-corrected chi connectivity index (χ0v) is 11.5. The molecule has 1 aliphatic heterocycles. The molecule has 1 aliphatic rings. The number of likely N-dealkylation sites (tertiary alicyclic amines) is 1. The van der Waals surface area contributed by atoms with Crippen LogP contribution in [0.15, 0.2) is 6.20 Å². The minimum absolute atomic E-state index is 0.000882. The van der Waals surface area contributed by atoms with E-state index in [-0.39, 0.29) is 12.0 Å². The van der Waals surface area contributed by atoms with Crippen molar-refractivity contribution in [2.24, 2.45) is 7.05 Å². The van der Waals surface area contributed by atoms with Crippen LogP contribution in [0.2, 0.25) is 0 Å². The molecule has 16 heavy (non-hydrogen) atoms. The molecule has 0 saturated carbocycles. The molecule has 0 bridgehead atoms. The van der Waals surface area contributed by atoms with Crippen LogP contribution in [0.5, 0.6) is 0 Å². The van der Waals surface area contributed by atoms with Gasteiger partial charge in [-0.2, -0.15) is 5.10 Å². The Bertz CT molecular complexity index is 399. The number of hydrogen-bond donors (Lipinski definition) is 0. The Morgan fingerprint density at radius 1 is 1.69 bits per heavy atom. The van der Waals surface area contributed by atoms with Crippen molar-refractivity contribution in [3.8, 4) is 0 Å². The summed E-state index contributed by atoms with van der Waals surface area (Å²) >= 11 is 2.13. The number of carbonyl (C=O) groups is 1. The highest BCUT2D eigenvalue weighted by atomic mass is 127. The van der Waals surface area contributed by atoms with Crippen LogP contribution in [-0.4, -0.2) is 46.4 Å². The van der Waals surface area contributed by atoms with Gasteiger partial charge in [0.2, 0.25) is 0 Å². The molecule has 0 radical (unpaired) electrons. The number of nitrogens with zero attached hydrogens (tertiary/aromatic N) is 3. The number of aromatic nitrogens is 2. The average Bonchev–Trinajstić information content (AvgIpc) is 2.50. The molecule has 0 atom stereocenters. The summed E-state index contributed by atoms with van der Waals surface area (Å²) in [4.78, 5) is 13.8. The van der Waals surface area contributed by atoms with E-state index in [1.165, 1.54) is 0 Å². The quantitative estimate of drug-likeness (QED) is 0.771. The Morgan fingerprint density at radius 3 is 2.88 bits per heavy atom. The number of halogens is 1. The molecule has 0 aromatic carbocycles. The van der Waals surface area contributed by atoms with Crippen LogP contribution in [0.4, 0.5) is 0 Å². The Balaban J connectivity index is 1.97. The molecule has 6 heteroatoms. The Hall–Kier alpha value is -0.630. The zero-order valence-electron chi connectivity index (χ0n) is 9.31. The lowest BCUT2D eigenvalue weighted by Gasteiger charge is -2.38. The van der Waals surface area contributed by atoms with Crippen molar-refractivity contribution < 1.29 is 9.53 Å². The topological polar surface area (TPSA) is 47.4 Å². The first-order chi connectivity index (χ1) is 7.61. The smallest absolute Gasteiger partial charge is 0.275 e. The van der Waals surface area contributed by atoms with Crippen molar-refractivity contribution in [3.63, 3.8) is 0 Å². The summed E-state index contributed by atoms with van der Waals surface area (Å²) in [5.41, 5.74) is 0.540. The van der Waals surface area contributed by atoms with E-state index < -0.39 is 0 Å². The maximum Gasteiger partial charge on any atom is 0.275 e. The number of amides is 1. The highest BCUT2D eigenvalue weighted by Gasteiger charge is 2.33.